The van der Waals surface area contributed by atoms with Crippen molar-refractivity contribution >= 4 is 19.7 Å². The third kappa shape index (κ3) is 57.2. The van der Waals surface area contributed by atoms with Gasteiger partial charge in [-0.1, -0.05) is 289 Å². The Bertz CT molecular complexity index is 1350. The Hall–Kier alpha value is -1.51. The van der Waals surface area contributed by atoms with E-state index in [2.05, 4.69) is 38.2 Å². The topological polar surface area (TPSA) is 114 Å². The number of unbranched alkanes of at least 4 members (excludes halogenated alkanes) is 43. The van der Waals surface area contributed by atoms with E-state index in [1.54, 1.807) is 0 Å². The largest absolute Gasteiger partial charge is 0.756 e. The number of nitrogens with zero attached hydrogens (tertiary/aromatic N) is 1. The van der Waals surface area contributed by atoms with Gasteiger partial charge < -0.3 is 28.5 Å². The minimum atomic E-state index is -4.69. The third-order valence-electron chi connectivity index (χ3n) is 15.1. The number of allylic oxidation sites excluding steroid dienone is 3. The number of esters is 1. The molecule has 0 spiro atoms. The quantitative estimate of drug-likeness (QED) is 0.0212. The van der Waals surface area contributed by atoms with Crippen LogP contribution in [0.1, 0.15) is 335 Å². The SMILES string of the molecule is CCCCCCCC/C=C/CCCCCCCCCCCCCCCCCC(=O)OC(/C=C\CCCCCCCCCCCC)C(COP(=O)([O-])OCC[N+](C)(C)C)NC(=O)CCCCCCCCCCCCCCC. The van der Waals surface area contributed by atoms with Crippen LogP contribution in [0.3, 0.4) is 0 Å². The molecule has 0 aromatic carbocycles. The lowest BCUT2D eigenvalue weighted by atomic mass is 10.0. The number of hydrogen-bond donors (Lipinski definition) is 1. The molecular formula is C66H129N2O7P. The van der Waals surface area contributed by atoms with Gasteiger partial charge in [-0.3, -0.25) is 14.2 Å². The van der Waals surface area contributed by atoms with Crippen LogP contribution in [-0.2, 0) is 27.9 Å². The van der Waals surface area contributed by atoms with Gasteiger partial charge in [0.25, 0.3) is 7.82 Å². The molecule has 0 aliphatic rings. The van der Waals surface area contributed by atoms with Gasteiger partial charge in [-0.2, -0.15) is 0 Å². The minimum absolute atomic E-state index is 0.0181. The second-order valence-electron chi connectivity index (χ2n) is 24.0. The first-order valence-electron chi connectivity index (χ1n) is 33.1. The molecule has 9 nitrogen and oxygen atoms in total. The van der Waals surface area contributed by atoms with Gasteiger partial charge in [0.05, 0.1) is 33.8 Å². The molecule has 76 heavy (non-hydrogen) atoms. The van der Waals surface area contributed by atoms with Crippen LogP contribution < -0.4 is 10.2 Å². The van der Waals surface area contributed by atoms with Gasteiger partial charge >= 0.3 is 5.97 Å². The summed E-state index contributed by atoms with van der Waals surface area (Å²) in [6.07, 6.45) is 67.2. The molecule has 3 unspecified atom stereocenters. The average Bonchev–Trinajstić information content (AvgIpc) is 3.38. The van der Waals surface area contributed by atoms with E-state index in [-0.39, 0.29) is 31.5 Å². The monoisotopic (exact) mass is 1090 g/mol. The van der Waals surface area contributed by atoms with Crippen molar-refractivity contribution in [3.8, 4) is 0 Å². The van der Waals surface area contributed by atoms with E-state index < -0.39 is 20.0 Å². The van der Waals surface area contributed by atoms with E-state index in [4.69, 9.17) is 13.8 Å². The average molecular weight is 1090 g/mol. The molecule has 0 saturated heterocycles. The van der Waals surface area contributed by atoms with Gasteiger partial charge in [0.15, 0.2) is 0 Å². The molecule has 0 fully saturated rings. The molecule has 0 radical (unpaired) electrons. The van der Waals surface area contributed by atoms with Gasteiger partial charge in [-0.25, -0.2) is 0 Å². The van der Waals surface area contributed by atoms with Crippen molar-refractivity contribution in [1.82, 2.24) is 5.32 Å². The van der Waals surface area contributed by atoms with Gasteiger partial charge in [0.1, 0.15) is 19.3 Å². The molecule has 0 bridgehead atoms. The number of carbonyl (C=O) groups excluding carboxylic acids is 2. The molecule has 1 amide bonds. The summed E-state index contributed by atoms with van der Waals surface area (Å²) in [5, 5.41) is 3.04. The lowest BCUT2D eigenvalue weighted by Gasteiger charge is -2.30. The minimum Gasteiger partial charge on any atom is -0.756 e. The highest BCUT2D eigenvalue weighted by atomic mass is 31.2. The van der Waals surface area contributed by atoms with Gasteiger partial charge in [-0.15, -0.1) is 0 Å². The van der Waals surface area contributed by atoms with E-state index in [1.165, 1.54) is 244 Å². The highest BCUT2D eigenvalue weighted by molar-refractivity contribution is 7.45. The number of phosphoric ester groups is 1. The summed E-state index contributed by atoms with van der Waals surface area (Å²) in [6.45, 7) is 6.88. The zero-order valence-electron chi connectivity index (χ0n) is 51.5. The number of ether oxygens (including phenoxy) is 1. The number of likely N-dealkylation sites (N-methyl/N-ethyl adjacent to an activating group) is 1. The molecule has 0 saturated carbocycles. The van der Waals surface area contributed by atoms with Crippen molar-refractivity contribution in [3.05, 3.63) is 24.3 Å². The van der Waals surface area contributed by atoms with Crippen molar-refractivity contribution in [2.45, 2.75) is 348 Å². The molecule has 10 heteroatoms. The maximum Gasteiger partial charge on any atom is 0.306 e. The predicted octanol–water partition coefficient (Wildman–Crippen LogP) is 19.9. The third-order valence-corrected chi connectivity index (χ3v) is 16.1. The molecule has 0 heterocycles. The van der Waals surface area contributed by atoms with Crippen LogP contribution in [0, 0.1) is 0 Å². The van der Waals surface area contributed by atoms with Crippen molar-refractivity contribution in [1.29, 1.82) is 0 Å². The predicted molar refractivity (Wildman–Crippen MR) is 326 cm³/mol. The molecule has 0 aromatic heterocycles. The lowest BCUT2D eigenvalue weighted by molar-refractivity contribution is -0.870. The number of quaternary nitrogens is 1. The van der Waals surface area contributed by atoms with Gasteiger partial charge in [0.2, 0.25) is 5.91 Å². The summed E-state index contributed by atoms with van der Waals surface area (Å²) in [5.41, 5.74) is 0. The smallest absolute Gasteiger partial charge is 0.306 e. The molecule has 0 aliphatic carbocycles. The van der Waals surface area contributed by atoms with E-state index in [0.29, 0.717) is 17.4 Å². The number of amides is 1. The van der Waals surface area contributed by atoms with Crippen LogP contribution in [0.4, 0.5) is 0 Å². The van der Waals surface area contributed by atoms with E-state index >= 15 is 0 Å². The molecule has 3 atom stereocenters. The Morgan fingerprint density at radius 1 is 0.447 bits per heavy atom. The lowest BCUT2D eigenvalue weighted by Crippen LogP contribution is -2.47. The van der Waals surface area contributed by atoms with Crippen LogP contribution in [0.25, 0.3) is 0 Å². The second-order valence-corrected chi connectivity index (χ2v) is 25.4. The summed E-state index contributed by atoms with van der Waals surface area (Å²) in [7, 11) is 1.20. The molecule has 0 rings (SSSR count). The van der Waals surface area contributed by atoms with Gasteiger partial charge in [0, 0.05) is 12.8 Å². The molecular weight excluding hydrogens is 964 g/mol. The Morgan fingerprint density at radius 3 is 1.12 bits per heavy atom. The number of nitrogens with one attached hydrogen (secondary N) is 1. The summed E-state index contributed by atoms with van der Waals surface area (Å²) in [5.74, 6) is -0.522. The first-order valence-corrected chi connectivity index (χ1v) is 34.6. The number of rotatable bonds is 61. The van der Waals surface area contributed by atoms with E-state index in [1.807, 2.05) is 33.3 Å². The standard InChI is InChI=1S/C66H129N2O7P/c1-7-10-13-16-19-22-25-28-29-30-31-32-33-34-35-36-37-38-39-41-44-47-50-53-56-59-66(70)75-64(57-54-51-48-45-42-27-24-21-18-15-12-9-3)63(62-74-76(71,72)73-61-60-68(4,5)6)67-65(69)58-55-52-49-46-43-40-26-23-20-17-14-11-8-2/h28-29,54,57,63-64H,7-27,30-53,55-56,58-62H2,1-6H3,(H-,67,69,71,72)/b29-28+,57-54-. The van der Waals surface area contributed by atoms with Crippen LogP contribution in [-0.4, -0.2) is 69.4 Å². The fourth-order valence-corrected chi connectivity index (χ4v) is 10.7. The Labute approximate surface area is 473 Å². The van der Waals surface area contributed by atoms with Gasteiger partial charge in [-0.05, 0) is 57.4 Å². The summed E-state index contributed by atoms with van der Waals surface area (Å²) < 4.78 is 30.3. The zero-order valence-corrected chi connectivity index (χ0v) is 52.4. The van der Waals surface area contributed by atoms with Crippen molar-refractivity contribution < 1.29 is 37.3 Å². The molecule has 0 aliphatic heterocycles. The van der Waals surface area contributed by atoms with Crippen molar-refractivity contribution in [3.63, 3.8) is 0 Å². The Kier molecular flexibility index (Phi) is 55.6. The molecule has 0 aromatic rings. The summed E-state index contributed by atoms with van der Waals surface area (Å²) in [4.78, 5) is 40.0. The van der Waals surface area contributed by atoms with E-state index in [0.717, 1.165) is 57.8 Å². The maximum absolute atomic E-state index is 13.5. The van der Waals surface area contributed by atoms with Crippen LogP contribution in [0.5, 0.6) is 0 Å². The number of phosphoric acid groups is 1. The zero-order chi connectivity index (χ0) is 55.7. The second kappa shape index (κ2) is 56.8. The highest BCUT2D eigenvalue weighted by Crippen LogP contribution is 2.38. The van der Waals surface area contributed by atoms with E-state index in [9.17, 15) is 19.0 Å². The van der Waals surface area contributed by atoms with Crippen molar-refractivity contribution in [2.24, 2.45) is 0 Å². The number of hydrogen-bond acceptors (Lipinski definition) is 7. The van der Waals surface area contributed by atoms with Crippen LogP contribution in [0.15, 0.2) is 24.3 Å². The molecule has 1 N–H and O–H groups in total. The highest BCUT2D eigenvalue weighted by Gasteiger charge is 2.27. The van der Waals surface area contributed by atoms with Crippen LogP contribution >= 0.6 is 7.82 Å². The maximum atomic E-state index is 13.5. The normalized spacial score (nSPS) is 13.7. The van der Waals surface area contributed by atoms with Crippen LogP contribution in [0.2, 0.25) is 0 Å². The Balaban J connectivity index is 5.02. The fraction of sp³-hybridized carbons (Fsp3) is 0.909. The van der Waals surface area contributed by atoms with Crippen molar-refractivity contribution in [2.75, 3.05) is 40.9 Å². The molecule has 450 valence electrons. The summed E-state index contributed by atoms with van der Waals surface area (Å²) in [6, 6.07) is -0.881. The number of carbonyl (C=O) groups is 2. The summed E-state index contributed by atoms with van der Waals surface area (Å²) >= 11 is 0. The first-order chi connectivity index (χ1) is 36.9. The first kappa shape index (κ1) is 74.5. The fourth-order valence-electron chi connectivity index (χ4n) is 9.99. The Morgan fingerprint density at radius 2 is 0.763 bits per heavy atom.